The molecule has 0 radical (unpaired) electrons. The highest BCUT2D eigenvalue weighted by atomic mass is 19.1. The van der Waals surface area contributed by atoms with E-state index in [0.717, 1.165) is 0 Å². The van der Waals surface area contributed by atoms with E-state index in [1.54, 1.807) is 6.92 Å². The van der Waals surface area contributed by atoms with Gasteiger partial charge in [0.25, 0.3) is 0 Å². The van der Waals surface area contributed by atoms with E-state index in [0.29, 0.717) is 5.56 Å². The lowest BCUT2D eigenvalue weighted by Crippen LogP contribution is -2.02. The second-order valence-corrected chi connectivity index (χ2v) is 3.10. The molecule has 0 bridgehead atoms. The van der Waals surface area contributed by atoms with Crippen molar-refractivity contribution in [2.24, 2.45) is 0 Å². The predicted molar refractivity (Wildman–Crippen MR) is 47.1 cm³/mol. The number of carboxylic acids is 1. The molecule has 0 saturated heterocycles. The number of carbonyl (C=O) groups is 1. The van der Waals surface area contributed by atoms with E-state index >= 15 is 0 Å². The zero-order valence-electron chi connectivity index (χ0n) is 7.68. The van der Waals surface area contributed by atoms with Crippen molar-refractivity contribution in [2.75, 3.05) is 0 Å². The van der Waals surface area contributed by atoms with Gasteiger partial charge in [0.05, 0.1) is 0 Å². The molecule has 14 heavy (non-hydrogen) atoms. The quantitative estimate of drug-likeness (QED) is 0.812. The van der Waals surface area contributed by atoms with E-state index in [9.17, 15) is 13.6 Å². The fourth-order valence-electron chi connectivity index (χ4n) is 1.20. The van der Waals surface area contributed by atoms with Crippen LogP contribution in [0.5, 0.6) is 0 Å². The monoisotopic (exact) mass is 200 g/mol. The van der Waals surface area contributed by atoms with Crippen molar-refractivity contribution in [1.29, 1.82) is 0 Å². The third-order valence-electron chi connectivity index (χ3n) is 1.87. The van der Waals surface area contributed by atoms with Crippen LogP contribution >= 0.6 is 0 Å². The number of aryl methyl sites for hydroxylation is 1. The Balaban J connectivity index is 2.91. The van der Waals surface area contributed by atoms with Crippen LogP contribution in [-0.4, -0.2) is 11.1 Å². The highest BCUT2D eigenvalue weighted by Crippen LogP contribution is 2.16. The summed E-state index contributed by atoms with van der Waals surface area (Å²) < 4.78 is 26.3. The summed E-state index contributed by atoms with van der Waals surface area (Å²) in [7, 11) is 0. The van der Waals surface area contributed by atoms with Gasteiger partial charge >= 0.3 is 5.97 Å². The van der Waals surface area contributed by atoms with Crippen LogP contribution in [0.4, 0.5) is 8.78 Å². The molecule has 1 N–H and O–H groups in total. The molecular weight excluding hydrogens is 190 g/mol. The highest BCUT2D eigenvalue weighted by molar-refractivity contribution is 5.67. The maximum Gasteiger partial charge on any atom is 0.303 e. The smallest absolute Gasteiger partial charge is 0.303 e. The molecule has 0 aliphatic rings. The minimum absolute atomic E-state index is 0.118. The highest BCUT2D eigenvalue weighted by Gasteiger charge is 2.11. The van der Waals surface area contributed by atoms with E-state index in [1.807, 2.05) is 0 Å². The molecule has 0 atom stereocenters. The van der Waals surface area contributed by atoms with Gasteiger partial charge in [0.1, 0.15) is 11.6 Å². The van der Waals surface area contributed by atoms with Gasteiger partial charge in [0.2, 0.25) is 0 Å². The van der Waals surface area contributed by atoms with Crippen LogP contribution in [0.1, 0.15) is 17.5 Å². The van der Waals surface area contributed by atoms with Crippen molar-refractivity contribution < 1.29 is 18.7 Å². The molecule has 0 spiro atoms. The lowest BCUT2D eigenvalue weighted by molar-refractivity contribution is -0.136. The Morgan fingerprint density at radius 2 is 1.86 bits per heavy atom. The predicted octanol–water partition coefficient (Wildman–Crippen LogP) is 2.29. The first-order valence-electron chi connectivity index (χ1n) is 4.17. The Labute approximate surface area is 80.2 Å². The van der Waals surface area contributed by atoms with E-state index in [-0.39, 0.29) is 18.4 Å². The molecule has 0 saturated carbocycles. The van der Waals surface area contributed by atoms with Crippen molar-refractivity contribution in [3.05, 3.63) is 34.9 Å². The van der Waals surface area contributed by atoms with Crippen LogP contribution < -0.4 is 0 Å². The zero-order chi connectivity index (χ0) is 10.7. The first-order valence-corrected chi connectivity index (χ1v) is 4.17. The molecule has 0 heterocycles. The van der Waals surface area contributed by atoms with Crippen LogP contribution in [-0.2, 0) is 11.2 Å². The average Bonchev–Trinajstić information content (AvgIpc) is 2.01. The Bertz CT molecular complexity index is 338. The van der Waals surface area contributed by atoms with Gasteiger partial charge < -0.3 is 5.11 Å². The maximum atomic E-state index is 13.1. The molecule has 0 unspecified atom stereocenters. The molecule has 4 heteroatoms. The number of hydrogen-bond acceptors (Lipinski definition) is 1. The number of halogens is 2. The summed E-state index contributed by atoms with van der Waals surface area (Å²) in [5.74, 6) is -2.42. The number of carboxylic acid groups (broad SMARTS) is 1. The molecule has 0 aliphatic carbocycles. The molecule has 76 valence electrons. The first kappa shape index (κ1) is 10.6. The average molecular weight is 200 g/mol. The fourth-order valence-corrected chi connectivity index (χ4v) is 1.20. The van der Waals surface area contributed by atoms with Gasteiger partial charge in [0, 0.05) is 12.0 Å². The van der Waals surface area contributed by atoms with Gasteiger partial charge in [-0.3, -0.25) is 4.79 Å². The van der Waals surface area contributed by atoms with Gasteiger partial charge in [-0.15, -0.1) is 0 Å². The molecular formula is C10H10F2O2. The number of benzene rings is 1. The molecule has 1 aromatic carbocycles. The second-order valence-electron chi connectivity index (χ2n) is 3.10. The summed E-state index contributed by atoms with van der Waals surface area (Å²) in [6.07, 6.45) is -0.385. The van der Waals surface area contributed by atoms with Crippen molar-refractivity contribution in [2.45, 2.75) is 19.8 Å². The summed E-state index contributed by atoms with van der Waals surface area (Å²) in [5.41, 5.74) is 0.331. The zero-order valence-corrected chi connectivity index (χ0v) is 7.68. The van der Waals surface area contributed by atoms with Crippen LogP contribution in [0.25, 0.3) is 0 Å². The van der Waals surface area contributed by atoms with Crippen LogP contribution in [0.3, 0.4) is 0 Å². The Morgan fingerprint density at radius 1 is 1.36 bits per heavy atom. The summed E-state index contributed by atoms with van der Waals surface area (Å²) >= 11 is 0. The Morgan fingerprint density at radius 3 is 2.29 bits per heavy atom. The standard InChI is InChI=1S/C10H10F2O2/c1-6-4-8(11)7(9(12)5-6)2-3-10(13)14/h4-5H,2-3H2,1H3,(H,13,14). The molecule has 1 rings (SSSR count). The van der Waals surface area contributed by atoms with Gasteiger partial charge in [0.15, 0.2) is 0 Å². The molecule has 1 aromatic rings. The van der Waals surface area contributed by atoms with E-state index < -0.39 is 17.6 Å². The lowest BCUT2D eigenvalue weighted by atomic mass is 10.1. The van der Waals surface area contributed by atoms with Crippen molar-refractivity contribution >= 4 is 5.97 Å². The Hall–Kier alpha value is -1.45. The third-order valence-corrected chi connectivity index (χ3v) is 1.87. The summed E-state index contributed by atoms with van der Waals surface area (Å²) in [4.78, 5) is 10.2. The Kier molecular flexibility index (Phi) is 3.17. The van der Waals surface area contributed by atoms with Gasteiger partial charge in [-0.1, -0.05) is 0 Å². The largest absolute Gasteiger partial charge is 0.481 e. The van der Waals surface area contributed by atoms with E-state index in [1.165, 1.54) is 12.1 Å². The molecule has 0 fully saturated rings. The van der Waals surface area contributed by atoms with Crippen molar-refractivity contribution in [3.8, 4) is 0 Å². The SMILES string of the molecule is Cc1cc(F)c(CCC(=O)O)c(F)c1. The minimum atomic E-state index is -1.07. The van der Waals surface area contributed by atoms with Crippen molar-refractivity contribution in [1.82, 2.24) is 0 Å². The minimum Gasteiger partial charge on any atom is -0.481 e. The second kappa shape index (κ2) is 4.17. The summed E-state index contributed by atoms with van der Waals surface area (Å²) in [6.45, 7) is 1.58. The number of aliphatic carboxylic acids is 1. The number of rotatable bonds is 3. The molecule has 2 nitrogen and oxygen atoms in total. The topological polar surface area (TPSA) is 37.3 Å². The fraction of sp³-hybridized carbons (Fsp3) is 0.300. The van der Waals surface area contributed by atoms with Gasteiger partial charge in [-0.05, 0) is 31.0 Å². The summed E-state index contributed by atoms with van der Waals surface area (Å²) in [5, 5.41) is 8.37. The van der Waals surface area contributed by atoms with Crippen LogP contribution in [0.15, 0.2) is 12.1 Å². The first-order chi connectivity index (χ1) is 6.50. The van der Waals surface area contributed by atoms with E-state index in [2.05, 4.69) is 0 Å². The molecule has 0 aromatic heterocycles. The van der Waals surface area contributed by atoms with Gasteiger partial charge in [-0.2, -0.15) is 0 Å². The maximum absolute atomic E-state index is 13.1. The molecule has 0 amide bonds. The summed E-state index contributed by atoms with van der Waals surface area (Å²) in [6, 6.07) is 2.39. The number of hydrogen-bond donors (Lipinski definition) is 1. The van der Waals surface area contributed by atoms with Crippen molar-refractivity contribution in [3.63, 3.8) is 0 Å². The lowest BCUT2D eigenvalue weighted by Gasteiger charge is -2.04. The third kappa shape index (κ3) is 2.52. The van der Waals surface area contributed by atoms with Gasteiger partial charge in [-0.25, -0.2) is 8.78 Å². The van der Waals surface area contributed by atoms with Crippen LogP contribution in [0, 0.1) is 18.6 Å². The van der Waals surface area contributed by atoms with E-state index in [4.69, 9.17) is 5.11 Å². The normalized spacial score (nSPS) is 10.2. The molecule has 0 aliphatic heterocycles. The van der Waals surface area contributed by atoms with Crippen LogP contribution in [0.2, 0.25) is 0 Å².